The van der Waals surface area contributed by atoms with E-state index in [0.717, 1.165) is 0 Å². The number of carbonyl (C=O) groups is 1. The lowest BCUT2D eigenvalue weighted by Gasteiger charge is -2.09. The molecule has 1 aromatic carbocycles. The minimum Gasteiger partial charge on any atom is -0.374 e. The van der Waals surface area contributed by atoms with Crippen molar-refractivity contribution in [1.82, 2.24) is 0 Å². The maximum atomic E-state index is 11.7. The lowest BCUT2D eigenvalue weighted by atomic mass is 10.1. The predicted molar refractivity (Wildman–Crippen MR) is 57.3 cm³/mol. The molecule has 14 heavy (non-hydrogen) atoms. The molecule has 1 unspecified atom stereocenters. The molecule has 0 saturated heterocycles. The zero-order chi connectivity index (χ0) is 10.7. The molecule has 1 aromatic rings. The highest BCUT2D eigenvalue weighted by atomic mass is 35.5. The number of Topliss-reactive ketones (excluding diaryl/α,β-unsaturated/α-hetero) is 1. The number of methoxy groups -OCH3 is 1. The monoisotopic (exact) mass is 232 g/mol. The summed E-state index contributed by atoms with van der Waals surface area (Å²) in [5.74, 6) is -0.167. The summed E-state index contributed by atoms with van der Waals surface area (Å²) < 4.78 is 4.91. The summed E-state index contributed by atoms with van der Waals surface area (Å²) in [4.78, 5) is 11.7. The molecule has 76 valence electrons. The van der Waals surface area contributed by atoms with E-state index < -0.39 is 6.10 Å². The average molecular weight is 233 g/mol. The van der Waals surface area contributed by atoms with Crippen LogP contribution in [-0.2, 0) is 4.74 Å². The van der Waals surface area contributed by atoms with E-state index in [1.54, 1.807) is 25.1 Å². The second-order valence-electron chi connectivity index (χ2n) is 2.84. The smallest absolute Gasteiger partial charge is 0.192 e. The van der Waals surface area contributed by atoms with Gasteiger partial charge in [0.1, 0.15) is 6.10 Å². The number of benzene rings is 1. The van der Waals surface area contributed by atoms with Gasteiger partial charge in [-0.05, 0) is 19.1 Å². The Balaban J connectivity index is 3.07. The van der Waals surface area contributed by atoms with Crippen LogP contribution in [0.5, 0.6) is 0 Å². The first-order chi connectivity index (χ1) is 6.57. The van der Waals surface area contributed by atoms with Gasteiger partial charge in [-0.2, -0.15) is 0 Å². The molecule has 0 bridgehead atoms. The Kier molecular flexibility index (Phi) is 3.93. The number of hydrogen-bond donors (Lipinski definition) is 0. The van der Waals surface area contributed by atoms with Crippen molar-refractivity contribution in [2.75, 3.05) is 7.11 Å². The highest BCUT2D eigenvalue weighted by Gasteiger charge is 2.18. The zero-order valence-electron chi connectivity index (χ0n) is 7.88. The lowest BCUT2D eigenvalue weighted by Crippen LogP contribution is -2.19. The Morgan fingerprint density at radius 2 is 2.07 bits per heavy atom. The summed E-state index contributed by atoms with van der Waals surface area (Å²) in [6.07, 6.45) is -0.508. The molecule has 0 saturated carbocycles. The van der Waals surface area contributed by atoms with Gasteiger partial charge in [-0.25, -0.2) is 0 Å². The Morgan fingerprint density at radius 3 is 2.64 bits per heavy atom. The summed E-state index contributed by atoms with van der Waals surface area (Å²) in [7, 11) is 1.47. The summed E-state index contributed by atoms with van der Waals surface area (Å²) >= 11 is 11.7. The minimum absolute atomic E-state index is 0.167. The van der Waals surface area contributed by atoms with Gasteiger partial charge >= 0.3 is 0 Å². The van der Waals surface area contributed by atoms with Crippen LogP contribution >= 0.6 is 23.2 Å². The molecular formula is C10H10Cl2O2. The lowest BCUT2D eigenvalue weighted by molar-refractivity contribution is 0.0656. The first-order valence-corrected chi connectivity index (χ1v) is 4.84. The summed E-state index contributed by atoms with van der Waals surface area (Å²) in [6, 6.07) is 4.95. The fourth-order valence-corrected chi connectivity index (χ4v) is 1.41. The molecule has 0 amide bonds. The molecule has 2 nitrogen and oxygen atoms in total. The highest BCUT2D eigenvalue weighted by Crippen LogP contribution is 2.26. The predicted octanol–water partition coefficient (Wildman–Crippen LogP) is 3.21. The van der Waals surface area contributed by atoms with Gasteiger partial charge in [0.2, 0.25) is 0 Å². The van der Waals surface area contributed by atoms with E-state index in [2.05, 4.69) is 0 Å². The van der Waals surface area contributed by atoms with Crippen molar-refractivity contribution in [2.45, 2.75) is 13.0 Å². The number of carbonyl (C=O) groups excluding carboxylic acids is 1. The molecule has 0 aliphatic heterocycles. The van der Waals surface area contributed by atoms with Crippen LogP contribution in [0.2, 0.25) is 10.0 Å². The summed E-state index contributed by atoms with van der Waals surface area (Å²) in [6.45, 7) is 1.67. The van der Waals surface area contributed by atoms with Gasteiger partial charge in [-0.15, -0.1) is 0 Å². The molecule has 0 aliphatic carbocycles. The average Bonchev–Trinajstić information content (AvgIpc) is 2.20. The number of ketones is 1. The zero-order valence-corrected chi connectivity index (χ0v) is 9.39. The SMILES string of the molecule is COC(C)C(=O)c1cccc(Cl)c1Cl. The fraction of sp³-hybridized carbons (Fsp3) is 0.300. The van der Waals surface area contributed by atoms with Crippen molar-refractivity contribution in [2.24, 2.45) is 0 Å². The van der Waals surface area contributed by atoms with Crippen molar-refractivity contribution in [3.8, 4) is 0 Å². The van der Waals surface area contributed by atoms with E-state index in [4.69, 9.17) is 27.9 Å². The Morgan fingerprint density at radius 1 is 1.43 bits per heavy atom. The second-order valence-corrected chi connectivity index (χ2v) is 3.63. The molecule has 0 radical (unpaired) electrons. The number of ether oxygens (including phenoxy) is 1. The molecule has 4 heteroatoms. The van der Waals surface area contributed by atoms with Crippen LogP contribution in [0, 0.1) is 0 Å². The number of rotatable bonds is 3. The van der Waals surface area contributed by atoms with Gasteiger partial charge in [0.25, 0.3) is 0 Å². The van der Waals surface area contributed by atoms with Crippen molar-refractivity contribution < 1.29 is 9.53 Å². The topological polar surface area (TPSA) is 26.3 Å². The standard InChI is InChI=1S/C10H10Cl2O2/c1-6(14-2)10(13)7-4-3-5-8(11)9(7)12/h3-6H,1-2H3. The normalized spacial score (nSPS) is 12.6. The molecule has 1 atom stereocenters. The molecule has 1 rings (SSSR count). The van der Waals surface area contributed by atoms with E-state index in [9.17, 15) is 4.79 Å². The maximum Gasteiger partial charge on any atom is 0.192 e. The fourth-order valence-electron chi connectivity index (χ4n) is 1.02. The highest BCUT2D eigenvalue weighted by molar-refractivity contribution is 6.44. The third kappa shape index (κ3) is 2.27. The summed E-state index contributed by atoms with van der Waals surface area (Å²) in [5, 5.41) is 0.656. The Labute approximate surface area is 92.8 Å². The summed E-state index contributed by atoms with van der Waals surface area (Å²) in [5.41, 5.74) is 0.397. The van der Waals surface area contributed by atoms with Gasteiger partial charge in [0, 0.05) is 12.7 Å². The second kappa shape index (κ2) is 4.78. The van der Waals surface area contributed by atoms with Crippen molar-refractivity contribution in [3.63, 3.8) is 0 Å². The van der Waals surface area contributed by atoms with Gasteiger partial charge in [-0.3, -0.25) is 4.79 Å². The van der Waals surface area contributed by atoms with Crippen LogP contribution in [0.1, 0.15) is 17.3 Å². The van der Waals surface area contributed by atoms with Crippen LogP contribution in [0.3, 0.4) is 0 Å². The van der Waals surface area contributed by atoms with E-state index in [1.807, 2.05) is 0 Å². The third-order valence-corrected chi connectivity index (χ3v) is 2.76. The van der Waals surface area contributed by atoms with E-state index >= 15 is 0 Å². The number of hydrogen-bond acceptors (Lipinski definition) is 2. The Bertz CT molecular complexity index is 350. The molecular weight excluding hydrogens is 223 g/mol. The molecule has 0 spiro atoms. The molecule has 0 heterocycles. The van der Waals surface area contributed by atoms with Crippen LogP contribution < -0.4 is 0 Å². The van der Waals surface area contributed by atoms with E-state index in [1.165, 1.54) is 7.11 Å². The molecule has 0 aliphatic rings. The van der Waals surface area contributed by atoms with Gasteiger partial charge < -0.3 is 4.74 Å². The van der Waals surface area contributed by atoms with E-state index in [-0.39, 0.29) is 10.8 Å². The van der Waals surface area contributed by atoms with Crippen molar-refractivity contribution in [1.29, 1.82) is 0 Å². The van der Waals surface area contributed by atoms with Crippen molar-refractivity contribution in [3.05, 3.63) is 33.8 Å². The first kappa shape index (κ1) is 11.5. The van der Waals surface area contributed by atoms with Crippen molar-refractivity contribution >= 4 is 29.0 Å². The largest absolute Gasteiger partial charge is 0.374 e. The minimum atomic E-state index is -0.508. The van der Waals surface area contributed by atoms with Crippen LogP contribution in [0.25, 0.3) is 0 Å². The van der Waals surface area contributed by atoms with Crippen LogP contribution in [0.15, 0.2) is 18.2 Å². The van der Waals surface area contributed by atoms with E-state index in [0.29, 0.717) is 10.6 Å². The number of halogens is 2. The van der Waals surface area contributed by atoms with Gasteiger partial charge in [0.15, 0.2) is 5.78 Å². The molecule has 0 aromatic heterocycles. The molecule has 0 fully saturated rings. The quantitative estimate of drug-likeness (QED) is 0.749. The Hall–Kier alpha value is -0.570. The maximum absolute atomic E-state index is 11.7. The van der Waals surface area contributed by atoms with Crippen LogP contribution in [0.4, 0.5) is 0 Å². The third-order valence-electron chi connectivity index (χ3n) is 1.94. The first-order valence-electron chi connectivity index (χ1n) is 4.09. The van der Waals surface area contributed by atoms with Crippen LogP contribution in [-0.4, -0.2) is 19.0 Å². The molecule has 0 N–H and O–H groups in total. The van der Waals surface area contributed by atoms with Gasteiger partial charge in [0.05, 0.1) is 10.0 Å². The van der Waals surface area contributed by atoms with Gasteiger partial charge in [-0.1, -0.05) is 29.3 Å².